The van der Waals surface area contributed by atoms with Gasteiger partial charge in [0.2, 0.25) is 0 Å². The normalized spacial score (nSPS) is 16.8. The first-order valence-corrected chi connectivity index (χ1v) is 9.28. The second-order valence-corrected chi connectivity index (χ2v) is 7.20. The fraction of sp³-hybridized carbons (Fsp3) is 0.318. The number of nitrogens with zero attached hydrogens (tertiary/aromatic N) is 3. The van der Waals surface area contributed by atoms with Crippen LogP contribution >= 0.6 is 0 Å². The molecule has 146 valence electrons. The van der Waals surface area contributed by atoms with Gasteiger partial charge in [-0.1, -0.05) is 23.8 Å². The topological polar surface area (TPSA) is 62.6 Å². The molecule has 1 fully saturated rings. The van der Waals surface area contributed by atoms with Crippen molar-refractivity contribution in [3.63, 3.8) is 0 Å². The lowest BCUT2D eigenvalue weighted by molar-refractivity contribution is -0.126. The van der Waals surface area contributed by atoms with Gasteiger partial charge >= 0.3 is 6.03 Å². The van der Waals surface area contributed by atoms with Crippen LogP contribution in [0.25, 0.3) is 0 Å². The predicted octanol–water partition coefficient (Wildman–Crippen LogP) is 3.64. The zero-order valence-electron chi connectivity index (χ0n) is 16.7. The lowest BCUT2D eigenvalue weighted by Crippen LogP contribution is -2.37. The number of benzene rings is 1. The molecule has 1 aliphatic rings. The van der Waals surface area contributed by atoms with Crippen LogP contribution in [0.2, 0.25) is 0 Å². The number of allylic oxidation sites excluding steroid dienone is 1. The van der Waals surface area contributed by atoms with Crippen molar-refractivity contribution < 1.29 is 14.4 Å². The van der Waals surface area contributed by atoms with Crippen molar-refractivity contribution in [1.29, 1.82) is 0 Å². The van der Waals surface area contributed by atoms with E-state index >= 15 is 0 Å². The molecule has 0 spiro atoms. The molecule has 0 N–H and O–H groups in total. The van der Waals surface area contributed by atoms with Gasteiger partial charge in [-0.15, -0.1) is 6.58 Å². The number of aryl methyl sites for hydroxylation is 2. The number of anilines is 1. The average Bonchev–Trinajstić information content (AvgIpc) is 3.05. The van der Waals surface area contributed by atoms with Gasteiger partial charge in [0, 0.05) is 29.2 Å². The minimum Gasteiger partial charge on any atom is -0.345 e. The fourth-order valence-electron chi connectivity index (χ4n) is 3.63. The summed E-state index contributed by atoms with van der Waals surface area (Å²) in [5, 5.41) is 0. The van der Waals surface area contributed by atoms with E-state index in [2.05, 4.69) is 6.58 Å². The lowest BCUT2D eigenvalue weighted by Gasteiger charge is -2.19. The van der Waals surface area contributed by atoms with Crippen LogP contribution in [0.5, 0.6) is 0 Å². The number of imide groups is 1. The summed E-state index contributed by atoms with van der Waals surface area (Å²) in [6.45, 7) is 11.5. The Bertz CT molecular complexity index is 956. The molecular formula is C22H25N3O3. The summed E-state index contributed by atoms with van der Waals surface area (Å²) in [5.74, 6) is -0.609. The summed E-state index contributed by atoms with van der Waals surface area (Å²) >= 11 is 0. The standard InChI is InChI=1S/C22H25N3O3/c1-6-11-23-15(3)12-19(16(23)4)20(26)13-24-21(27)17(5)25(22(24)28)18-9-7-14(2)8-10-18/h6-10,12,17H,1,11,13H2,2-5H3/t17-/m0/s1. The molecule has 0 unspecified atom stereocenters. The molecule has 1 saturated heterocycles. The van der Waals surface area contributed by atoms with Gasteiger partial charge in [-0.2, -0.15) is 0 Å². The summed E-state index contributed by atoms with van der Waals surface area (Å²) in [5.41, 5.74) is 3.99. The average molecular weight is 379 g/mol. The summed E-state index contributed by atoms with van der Waals surface area (Å²) in [6.07, 6.45) is 1.77. The smallest absolute Gasteiger partial charge is 0.332 e. The molecule has 0 saturated carbocycles. The van der Waals surface area contributed by atoms with Crippen LogP contribution in [0.4, 0.5) is 10.5 Å². The Morgan fingerprint density at radius 3 is 2.39 bits per heavy atom. The number of urea groups is 1. The molecule has 28 heavy (non-hydrogen) atoms. The summed E-state index contributed by atoms with van der Waals surface area (Å²) in [7, 11) is 0. The highest BCUT2D eigenvalue weighted by Crippen LogP contribution is 2.26. The minimum absolute atomic E-state index is 0.247. The first-order valence-electron chi connectivity index (χ1n) is 9.28. The van der Waals surface area contributed by atoms with E-state index in [4.69, 9.17) is 0 Å². The quantitative estimate of drug-likeness (QED) is 0.437. The van der Waals surface area contributed by atoms with Crippen molar-refractivity contribution in [2.75, 3.05) is 11.4 Å². The van der Waals surface area contributed by atoms with Crippen molar-refractivity contribution in [3.8, 4) is 0 Å². The van der Waals surface area contributed by atoms with Gasteiger partial charge in [-0.05, 0) is 45.9 Å². The van der Waals surface area contributed by atoms with Crippen molar-refractivity contribution in [3.05, 3.63) is 65.5 Å². The van der Waals surface area contributed by atoms with Crippen LogP contribution < -0.4 is 4.90 Å². The van der Waals surface area contributed by atoms with Gasteiger partial charge in [0.1, 0.15) is 6.04 Å². The molecule has 0 aliphatic carbocycles. The molecule has 1 atom stereocenters. The number of carbonyl (C=O) groups is 3. The van der Waals surface area contributed by atoms with Gasteiger partial charge in [0.15, 0.2) is 5.78 Å². The third-order valence-corrected chi connectivity index (χ3v) is 5.25. The number of ketones is 1. The van der Waals surface area contributed by atoms with Crippen LogP contribution in [0.3, 0.4) is 0 Å². The van der Waals surface area contributed by atoms with E-state index in [9.17, 15) is 14.4 Å². The fourth-order valence-corrected chi connectivity index (χ4v) is 3.63. The Morgan fingerprint density at radius 2 is 1.79 bits per heavy atom. The van der Waals surface area contributed by atoms with E-state index in [1.165, 1.54) is 4.90 Å². The van der Waals surface area contributed by atoms with Crippen molar-refractivity contribution in [2.24, 2.45) is 0 Å². The molecule has 1 aromatic carbocycles. The number of carbonyl (C=O) groups excluding carboxylic acids is 3. The first kappa shape index (κ1) is 19.6. The number of amides is 3. The number of rotatable bonds is 6. The van der Waals surface area contributed by atoms with E-state index in [0.717, 1.165) is 21.9 Å². The molecule has 2 heterocycles. The zero-order valence-corrected chi connectivity index (χ0v) is 16.7. The summed E-state index contributed by atoms with van der Waals surface area (Å²) < 4.78 is 1.98. The molecule has 6 heteroatoms. The number of hydrogen-bond donors (Lipinski definition) is 0. The van der Waals surface area contributed by atoms with Gasteiger partial charge in [-0.3, -0.25) is 19.4 Å². The highest BCUT2D eigenvalue weighted by molar-refractivity contribution is 6.16. The number of aromatic nitrogens is 1. The Labute approximate surface area is 165 Å². The van der Waals surface area contributed by atoms with Crippen molar-refractivity contribution in [2.45, 2.75) is 40.3 Å². The van der Waals surface area contributed by atoms with Crippen LogP contribution in [-0.4, -0.2) is 39.8 Å². The number of hydrogen-bond acceptors (Lipinski definition) is 3. The third kappa shape index (κ3) is 3.26. The maximum absolute atomic E-state index is 12.9. The van der Waals surface area contributed by atoms with Crippen molar-refractivity contribution >= 4 is 23.4 Å². The van der Waals surface area contributed by atoms with Gasteiger partial charge in [0.05, 0.1) is 6.54 Å². The van der Waals surface area contributed by atoms with Crippen molar-refractivity contribution in [1.82, 2.24) is 9.47 Å². The maximum Gasteiger partial charge on any atom is 0.332 e. The molecular weight excluding hydrogens is 354 g/mol. The van der Waals surface area contributed by atoms with E-state index in [0.29, 0.717) is 17.8 Å². The summed E-state index contributed by atoms with van der Waals surface area (Å²) in [6, 6.07) is 8.10. The second-order valence-electron chi connectivity index (χ2n) is 7.20. The van der Waals surface area contributed by atoms with Crippen LogP contribution in [0.15, 0.2) is 43.0 Å². The van der Waals surface area contributed by atoms with Gasteiger partial charge in [0.25, 0.3) is 5.91 Å². The molecule has 1 aromatic heterocycles. The third-order valence-electron chi connectivity index (χ3n) is 5.25. The van der Waals surface area contributed by atoms with Crippen LogP contribution in [-0.2, 0) is 11.3 Å². The van der Waals surface area contributed by atoms with E-state index in [1.54, 1.807) is 19.1 Å². The summed E-state index contributed by atoms with van der Waals surface area (Å²) in [4.78, 5) is 40.9. The van der Waals surface area contributed by atoms with E-state index in [1.807, 2.05) is 49.6 Å². The Hall–Kier alpha value is -3.15. The Morgan fingerprint density at radius 1 is 1.14 bits per heavy atom. The molecule has 0 radical (unpaired) electrons. The number of Topliss-reactive ketones (excluding diaryl/α,β-unsaturated/α-hetero) is 1. The lowest BCUT2D eigenvalue weighted by atomic mass is 10.1. The zero-order chi connectivity index (χ0) is 20.6. The van der Waals surface area contributed by atoms with Gasteiger partial charge in [-0.25, -0.2) is 4.79 Å². The predicted molar refractivity (Wildman–Crippen MR) is 109 cm³/mol. The monoisotopic (exact) mass is 379 g/mol. The maximum atomic E-state index is 12.9. The van der Waals surface area contributed by atoms with Crippen LogP contribution in [0, 0.1) is 20.8 Å². The molecule has 3 amide bonds. The molecule has 1 aliphatic heterocycles. The largest absolute Gasteiger partial charge is 0.345 e. The highest BCUT2D eigenvalue weighted by Gasteiger charge is 2.44. The molecule has 0 bridgehead atoms. The van der Waals surface area contributed by atoms with E-state index in [-0.39, 0.29) is 18.2 Å². The second kappa shape index (κ2) is 7.46. The first-order chi connectivity index (χ1) is 13.3. The van der Waals surface area contributed by atoms with Crippen LogP contribution in [0.1, 0.15) is 34.2 Å². The molecule has 2 aromatic rings. The highest BCUT2D eigenvalue weighted by atomic mass is 16.2. The molecule has 3 rings (SSSR count). The Kier molecular flexibility index (Phi) is 5.23. The Balaban J connectivity index is 1.84. The minimum atomic E-state index is -0.642. The molecule has 6 nitrogen and oxygen atoms in total. The van der Waals surface area contributed by atoms with E-state index < -0.39 is 12.1 Å². The van der Waals surface area contributed by atoms with Gasteiger partial charge < -0.3 is 4.57 Å². The SMILES string of the molecule is C=CCn1c(C)cc(C(=O)CN2C(=O)[C@H](C)N(c3ccc(C)cc3)C2=O)c1C.